The minimum Gasteiger partial charge on any atom is -0.294 e. The van der Waals surface area contributed by atoms with Crippen LogP contribution in [0.2, 0.25) is 0 Å². The number of aryl methyl sites for hydroxylation is 1. The molecule has 0 amide bonds. The predicted octanol–water partition coefficient (Wildman–Crippen LogP) is 4.10. The van der Waals surface area contributed by atoms with Gasteiger partial charge in [0.2, 0.25) is 0 Å². The topological polar surface area (TPSA) is 17.1 Å². The fraction of sp³-hybridized carbons (Fsp3) is 0.643. The Hall–Kier alpha value is -0.630. The Morgan fingerprint density at radius 3 is 2.69 bits per heavy atom. The molecule has 1 aliphatic carbocycles. The Bertz CT molecular complexity index is 409. The second-order valence-corrected chi connectivity index (χ2v) is 7.06. The zero-order valence-corrected chi connectivity index (χ0v) is 11.4. The normalized spacial score (nSPS) is 20.6. The maximum absolute atomic E-state index is 11.4. The number of thiophene rings is 1. The highest BCUT2D eigenvalue weighted by Gasteiger charge is 2.29. The van der Waals surface area contributed by atoms with Gasteiger partial charge in [-0.05, 0) is 49.1 Å². The second-order valence-electron chi connectivity index (χ2n) is 5.92. The third-order valence-corrected chi connectivity index (χ3v) is 4.99. The van der Waals surface area contributed by atoms with Crippen LogP contribution >= 0.6 is 11.3 Å². The maximum Gasteiger partial charge on any atom is 0.169 e. The predicted molar refractivity (Wildman–Crippen MR) is 69.3 cm³/mol. The van der Waals surface area contributed by atoms with Crippen LogP contribution in [-0.2, 0) is 12.8 Å². The largest absolute Gasteiger partial charge is 0.294 e. The highest BCUT2D eigenvalue weighted by molar-refractivity contribution is 7.14. The number of ketones is 1. The van der Waals surface area contributed by atoms with Gasteiger partial charge in [-0.15, -0.1) is 11.3 Å². The third kappa shape index (κ3) is 2.22. The summed E-state index contributed by atoms with van der Waals surface area (Å²) in [6.07, 6.45) is 3.59. The first-order chi connectivity index (χ1) is 7.38. The van der Waals surface area contributed by atoms with Gasteiger partial charge in [-0.25, -0.2) is 0 Å². The summed E-state index contributed by atoms with van der Waals surface area (Å²) < 4.78 is 0. The zero-order chi connectivity index (χ0) is 11.9. The van der Waals surface area contributed by atoms with Gasteiger partial charge in [-0.3, -0.25) is 4.79 Å². The number of fused-ring (bicyclic) bond motifs is 1. The fourth-order valence-electron chi connectivity index (χ4n) is 2.44. The monoisotopic (exact) mass is 236 g/mol. The molecule has 1 aliphatic rings. The molecule has 1 unspecified atom stereocenters. The van der Waals surface area contributed by atoms with Crippen LogP contribution < -0.4 is 0 Å². The van der Waals surface area contributed by atoms with Crippen LogP contribution in [0.4, 0.5) is 0 Å². The van der Waals surface area contributed by atoms with Crippen molar-refractivity contribution >= 4 is 17.1 Å². The molecular weight excluding hydrogens is 216 g/mol. The van der Waals surface area contributed by atoms with Crippen molar-refractivity contribution in [1.29, 1.82) is 0 Å². The second kappa shape index (κ2) is 3.99. The standard InChI is InChI=1S/C14H20OS/c1-9(15)13-8-10-7-11(14(2,3)4)5-6-12(10)16-13/h8,11H,5-7H2,1-4H3. The zero-order valence-electron chi connectivity index (χ0n) is 10.6. The lowest BCUT2D eigenvalue weighted by Gasteiger charge is -2.33. The number of hydrogen-bond donors (Lipinski definition) is 0. The van der Waals surface area contributed by atoms with E-state index in [2.05, 4.69) is 26.8 Å². The molecular formula is C14H20OS. The molecule has 1 aromatic rings. The van der Waals surface area contributed by atoms with E-state index in [1.54, 1.807) is 18.3 Å². The van der Waals surface area contributed by atoms with Crippen molar-refractivity contribution in [3.63, 3.8) is 0 Å². The average Bonchev–Trinajstić information content (AvgIpc) is 2.58. The smallest absolute Gasteiger partial charge is 0.169 e. The van der Waals surface area contributed by atoms with Crippen molar-refractivity contribution in [1.82, 2.24) is 0 Å². The van der Waals surface area contributed by atoms with Gasteiger partial charge in [0.1, 0.15) is 0 Å². The Morgan fingerprint density at radius 1 is 1.44 bits per heavy atom. The highest BCUT2D eigenvalue weighted by atomic mass is 32.1. The van der Waals surface area contributed by atoms with E-state index in [1.807, 2.05) is 0 Å². The Kier molecular flexibility index (Phi) is 2.95. The quantitative estimate of drug-likeness (QED) is 0.671. The third-order valence-electron chi connectivity index (χ3n) is 3.65. The number of Topliss-reactive ketones (excluding diaryl/α,β-unsaturated/α-hetero) is 1. The van der Waals surface area contributed by atoms with E-state index in [9.17, 15) is 4.79 Å². The van der Waals surface area contributed by atoms with Crippen LogP contribution in [0.15, 0.2) is 6.07 Å². The van der Waals surface area contributed by atoms with E-state index in [0.29, 0.717) is 5.41 Å². The molecule has 0 aromatic carbocycles. The summed E-state index contributed by atoms with van der Waals surface area (Å²) in [5, 5.41) is 0. The van der Waals surface area contributed by atoms with E-state index < -0.39 is 0 Å². The summed E-state index contributed by atoms with van der Waals surface area (Å²) in [6, 6.07) is 2.13. The molecule has 2 heteroatoms. The van der Waals surface area contributed by atoms with Crippen molar-refractivity contribution in [2.75, 3.05) is 0 Å². The van der Waals surface area contributed by atoms with Crippen LogP contribution in [0, 0.1) is 11.3 Å². The number of carbonyl (C=O) groups excluding carboxylic acids is 1. The summed E-state index contributed by atoms with van der Waals surface area (Å²) in [5.41, 5.74) is 1.82. The molecule has 0 bridgehead atoms. The molecule has 1 heterocycles. The van der Waals surface area contributed by atoms with E-state index in [-0.39, 0.29) is 5.78 Å². The van der Waals surface area contributed by atoms with Gasteiger partial charge >= 0.3 is 0 Å². The molecule has 88 valence electrons. The van der Waals surface area contributed by atoms with Crippen LogP contribution in [0.3, 0.4) is 0 Å². The van der Waals surface area contributed by atoms with Gasteiger partial charge in [0.15, 0.2) is 5.78 Å². The van der Waals surface area contributed by atoms with E-state index in [0.717, 1.165) is 23.6 Å². The molecule has 0 saturated carbocycles. The maximum atomic E-state index is 11.4. The summed E-state index contributed by atoms with van der Waals surface area (Å²) >= 11 is 1.71. The minimum absolute atomic E-state index is 0.215. The van der Waals surface area contributed by atoms with Crippen molar-refractivity contribution < 1.29 is 4.79 Å². The highest BCUT2D eigenvalue weighted by Crippen LogP contribution is 2.40. The summed E-state index contributed by atoms with van der Waals surface area (Å²) in [7, 11) is 0. The van der Waals surface area contributed by atoms with Gasteiger partial charge in [-0.1, -0.05) is 20.8 Å². The summed E-state index contributed by atoms with van der Waals surface area (Å²) in [6.45, 7) is 8.63. The van der Waals surface area contributed by atoms with Crippen molar-refractivity contribution in [3.05, 3.63) is 21.4 Å². The molecule has 1 aromatic heterocycles. The first-order valence-corrected chi connectivity index (χ1v) is 6.82. The molecule has 0 fully saturated rings. The lowest BCUT2D eigenvalue weighted by Crippen LogP contribution is -2.26. The van der Waals surface area contributed by atoms with Gasteiger partial charge in [0, 0.05) is 4.88 Å². The first kappa shape index (κ1) is 11.8. The van der Waals surface area contributed by atoms with E-state index >= 15 is 0 Å². The summed E-state index contributed by atoms with van der Waals surface area (Å²) in [5.74, 6) is 0.973. The Balaban J connectivity index is 2.24. The molecule has 0 N–H and O–H groups in total. The molecule has 0 aliphatic heterocycles. The van der Waals surface area contributed by atoms with Gasteiger partial charge < -0.3 is 0 Å². The first-order valence-electron chi connectivity index (χ1n) is 6.00. The fourth-order valence-corrected chi connectivity index (χ4v) is 3.54. The minimum atomic E-state index is 0.215. The van der Waals surface area contributed by atoms with Crippen LogP contribution in [-0.4, -0.2) is 5.78 Å². The van der Waals surface area contributed by atoms with Gasteiger partial charge in [0.25, 0.3) is 0 Å². The Labute approximate surface area is 102 Å². The molecule has 2 rings (SSSR count). The van der Waals surface area contributed by atoms with Crippen LogP contribution in [0.5, 0.6) is 0 Å². The van der Waals surface area contributed by atoms with Gasteiger partial charge in [-0.2, -0.15) is 0 Å². The van der Waals surface area contributed by atoms with Crippen molar-refractivity contribution in [3.8, 4) is 0 Å². The van der Waals surface area contributed by atoms with Gasteiger partial charge in [0.05, 0.1) is 4.88 Å². The average molecular weight is 236 g/mol. The van der Waals surface area contributed by atoms with Crippen LogP contribution in [0.25, 0.3) is 0 Å². The molecule has 0 spiro atoms. The lowest BCUT2D eigenvalue weighted by atomic mass is 9.72. The molecule has 16 heavy (non-hydrogen) atoms. The van der Waals surface area contributed by atoms with Crippen LogP contribution in [0.1, 0.15) is 54.2 Å². The molecule has 0 saturated heterocycles. The van der Waals surface area contributed by atoms with E-state index in [1.165, 1.54) is 16.9 Å². The molecule has 1 nitrogen and oxygen atoms in total. The lowest BCUT2D eigenvalue weighted by molar-refractivity contribution is 0.102. The number of hydrogen-bond acceptors (Lipinski definition) is 2. The molecule has 0 radical (unpaired) electrons. The summed E-state index contributed by atoms with van der Waals surface area (Å²) in [4.78, 5) is 13.7. The Morgan fingerprint density at radius 2 is 2.12 bits per heavy atom. The molecule has 1 atom stereocenters. The van der Waals surface area contributed by atoms with Crippen molar-refractivity contribution in [2.24, 2.45) is 11.3 Å². The number of rotatable bonds is 1. The van der Waals surface area contributed by atoms with E-state index in [4.69, 9.17) is 0 Å². The number of carbonyl (C=O) groups is 1. The van der Waals surface area contributed by atoms with Crippen molar-refractivity contribution in [2.45, 2.75) is 47.0 Å². The SMILES string of the molecule is CC(=O)c1cc2c(s1)CCC(C(C)(C)C)C2.